The van der Waals surface area contributed by atoms with Crippen LogP contribution in [0.1, 0.15) is 38.3 Å². The Labute approximate surface area is 161 Å². The molecule has 0 aliphatic carbocycles. The van der Waals surface area contributed by atoms with Gasteiger partial charge in [0.1, 0.15) is 6.54 Å². The Bertz CT molecular complexity index is 768. The van der Waals surface area contributed by atoms with Crippen molar-refractivity contribution < 1.29 is 9.59 Å². The lowest BCUT2D eigenvalue weighted by Gasteiger charge is -2.24. The molecule has 3 rings (SSSR count). The van der Waals surface area contributed by atoms with Crippen molar-refractivity contribution in [2.75, 3.05) is 29.4 Å². The van der Waals surface area contributed by atoms with Gasteiger partial charge in [-0.25, -0.2) is 0 Å². The molecule has 142 valence electrons. The molecular formula is C22H27N3O2. The van der Waals surface area contributed by atoms with Gasteiger partial charge in [0.25, 0.3) is 0 Å². The highest BCUT2D eigenvalue weighted by atomic mass is 16.2. The van der Waals surface area contributed by atoms with Crippen LogP contribution in [0.2, 0.25) is 0 Å². The van der Waals surface area contributed by atoms with Gasteiger partial charge in [-0.1, -0.05) is 30.3 Å². The third-order valence-corrected chi connectivity index (χ3v) is 4.99. The van der Waals surface area contributed by atoms with Crippen LogP contribution < -0.4 is 15.1 Å². The normalized spacial score (nSPS) is 14.7. The molecule has 0 radical (unpaired) electrons. The molecule has 2 aromatic carbocycles. The summed E-state index contributed by atoms with van der Waals surface area (Å²) < 4.78 is 0. The number of carbonyl (C=O) groups is 2. The van der Waals surface area contributed by atoms with E-state index in [2.05, 4.69) is 10.2 Å². The molecule has 0 bridgehead atoms. The van der Waals surface area contributed by atoms with Crippen molar-refractivity contribution in [1.29, 1.82) is 0 Å². The molecule has 2 amide bonds. The van der Waals surface area contributed by atoms with E-state index in [1.165, 1.54) is 30.4 Å². The second-order valence-corrected chi connectivity index (χ2v) is 7.02. The summed E-state index contributed by atoms with van der Waals surface area (Å²) in [5.74, 6) is -0.323. The minimum Gasteiger partial charge on any atom is -0.372 e. The van der Waals surface area contributed by atoms with Gasteiger partial charge < -0.3 is 15.1 Å². The lowest BCUT2D eigenvalue weighted by atomic mass is 10.1. The fourth-order valence-electron chi connectivity index (χ4n) is 3.46. The summed E-state index contributed by atoms with van der Waals surface area (Å²) in [7, 11) is 0. The predicted octanol–water partition coefficient (Wildman–Crippen LogP) is 3.52. The molecule has 27 heavy (non-hydrogen) atoms. The third kappa shape index (κ3) is 4.88. The molecule has 2 aromatic rings. The van der Waals surface area contributed by atoms with Gasteiger partial charge in [0, 0.05) is 31.4 Å². The van der Waals surface area contributed by atoms with Gasteiger partial charge in [-0.05, 0) is 49.6 Å². The van der Waals surface area contributed by atoms with Crippen LogP contribution in [-0.2, 0) is 9.59 Å². The number of hydrogen-bond acceptors (Lipinski definition) is 3. The number of carbonyl (C=O) groups excluding carboxylic acids is 2. The van der Waals surface area contributed by atoms with Crippen molar-refractivity contribution in [1.82, 2.24) is 5.32 Å². The number of rotatable bonds is 6. The van der Waals surface area contributed by atoms with E-state index in [1.54, 1.807) is 0 Å². The number of hydrogen-bond donors (Lipinski definition) is 1. The summed E-state index contributed by atoms with van der Waals surface area (Å²) in [5, 5.41) is 2.97. The summed E-state index contributed by atoms with van der Waals surface area (Å²) in [5.41, 5.74) is 2.95. The van der Waals surface area contributed by atoms with Crippen molar-refractivity contribution in [3.8, 4) is 0 Å². The van der Waals surface area contributed by atoms with Crippen molar-refractivity contribution in [3.05, 3.63) is 60.2 Å². The first-order chi connectivity index (χ1) is 13.0. The molecule has 1 unspecified atom stereocenters. The molecule has 1 fully saturated rings. The van der Waals surface area contributed by atoms with Gasteiger partial charge in [0.2, 0.25) is 11.8 Å². The summed E-state index contributed by atoms with van der Waals surface area (Å²) >= 11 is 0. The highest BCUT2D eigenvalue weighted by Crippen LogP contribution is 2.24. The van der Waals surface area contributed by atoms with E-state index in [4.69, 9.17) is 0 Å². The van der Waals surface area contributed by atoms with Gasteiger partial charge in [0.05, 0.1) is 6.04 Å². The van der Waals surface area contributed by atoms with Gasteiger partial charge in [-0.2, -0.15) is 0 Å². The smallest absolute Gasteiger partial charge is 0.240 e. The Kier molecular flexibility index (Phi) is 6.12. The quantitative estimate of drug-likeness (QED) is 0.852. The zero-order valence-corrected chi connectivity index (χ0v) is 16.0. The molecule has 1 aliphatic heterocycles. The lowest BCUT2D eigenvalue weighted by molar-refractivity contribution is -0.123. The number of benzene rings is 2. The summed E-state index contributed by atoms with van der Waals surface area (Å²) in [6.07, 6.45) is 2.45. The van der Waals surface area contributed by atoms with Crippen LogP contribution in [0.15, 0.2) is 54.6 Å². The van der Waals surface area contributed by atoms with Gasteiger partial charge >= 0.3 is 0 Å². The largest absolute Gasteiger partial charge is 0.372 e. The molecule has 1 saturated heterocycles. The van der Waals surface area contributed by atoms with Crippen LogP contribution in [0.3, 0.4) is 0 Å². The molecule has 1 heterocycles. The number of anilines is 2. The molecule has 1 N–H and O–H groups in total. The fourth-order valence-corrected chi connectivity index (χ4v) is 3.46. The van der Waals surface area contributed by atoms with E-state index in [0.29, 0.717) is 0 Å². The minimum atomic E-state index is -0.176. The summed E-state index contributed by atoms with van der Waals surface area (Å²) in [6, 6.07) is 17.6. The maximum absolute atomic E-state index is 12.5. The molecule has 0 aromatic heterocycles. The number of nitrogens with one attached hydrogen (secondary N) is 1. The zero-order valence-electron chi connectivity index (χ0n) is 16.0. The second kappa shape index (κ2) is 8.71. The van der Waals surface area contributed by atoms with Crippen LogP contribution in [0.25, 0.3) is 0 Å². The standard InChI is InChI=1S/C22H27N3O2/c1-17(19-8-4-3-5-9-19)23-22(27)16-25(18(2)26)21-12-10-20(11-13-21)24-14-6-7-15-24/h3-5,8-13,17H,6-7,14-16H2,1-2H3,(H,23,27). The Morgan fingerprint density at radius 1 is 1.04 bits per heavy atom. The average Bonchev–Trinajstić information content (AvgIpc) is 3.21. The minimum absolute atomic E-state index is 0.00949. The van der Waals surface area contributed by atoms with E-state index in [1.807, 2.05) is 61.5 Å². The van der Waals surface area contributed by atoms with E-state index >= 15 is 0 Å². The zero-order chi connectivity index (χ0) is 19.2. The third-order valence-electron chi connectivity index (χ3n) is 4.99. The highest BCUT2D eigenvalue weighted by Gasteiger charge is 2.18. The van der Waals surface area contributed by atoms with Crippen molar-refractivity contribution in [2.45, 2.75) is 32.7 Å². The SMILES string of the molecule is CC(=O)N(CC(=O)NC(C)c1ccccc1)c1ccc(N2CCCC2)cc1. The van der Waals surface area contributed by atoms with Crippen molar-refractivity contribution >= 4 is 23.2 Å². The van der Waals surface area contributed by atoms with E-state index in [9.17, 15) is 9.59 Å². The monoisotopic (exact) mass is 365 g/mol. The molecule has 1 atom stereocenters. The molecule has 1 aliphatic rings. The average molecular weight is 365 g/mol. The first kappa shape index (κ1) is 19.0. The first-order valence-corrected chi connectivity index (χ1v) is 9.52. The van der Waals surface area contributed by atoms with Crippen molar-refractivity contribution in [2.24, 2.45) is 0 Å². The van der Waals surface area contributed by atoms with Crippen LogP contribution >= 0.6 is 0 Å². The summed E-state index contributed by atoms with van der Waals surface area (Å²) in [6.45, 7) is 5.60. The Hall–Kier alpha value is -2.82. The van der Waals surface area contributed by atoms with Gasteiger partial charge in [-0.3, -0.25) is 9.59 Å². The molecular weight excluding hydrogens is 338 g/mol. The lowest BCUT2D eigenvalue weighted by Crippen LogP contribution is -2.40. The molecule has 0 saturated carbocycles. The Morgan fingerprint density at radius 3 is 2.26 bits per heavy atom. The number of nitrogens with zero attached hydrogens (tertiary/aromatic N) is 2. The molecule has 0 spiro atoms. The van der Waals surface area contributed by atoms with Crippen molar-refractivity contribution in [3.63, 3.8) is 0 Å². The predicted molar refractivity (Wildman–Crippen MR) is 109 cm³/mol. The molecule has 5 heteroatoms. The second-order valence-electron chi connectivity index (χ2n) is 7.02. The van der Waals surface area contributed by atoms with E-state index < -0.39 is 0 Å². The molecule has 5 nitrogen and oxygen atoms in total. The maximum atomic E-state index is 12.5. The number of amides is 2. The fraction of sp³-hybridized carbons (Fsp3) is 0.364. The Morgan fingerprint density at radius 2 is 1.67 bits per heavy atom. The van der Waals surface area contributed by atoms with Crippen LogP contribution in [0.5, 0.6) is 0 Å². The maximum Gasteiger partial charge on any atom is 0.240 e. The van der Waals surface area contributed by atoms with Crippen LogP contribution in [-0.4, -0.2) is 31.4 Å². The summed E-state index contributed by atoms with van der Waals surface area (Å²) in [4.78, 5) is 28.4. The van der Waals surface area contributed by atoms with Gasteiger partial charge in [0.15, 0.2) is 0 Å². The van der Waals surface area contributed by atoms with E-state index in [-0.39, 0.29) is 24.4 Å². The first-order valence-electron chi connectivity index (χ1n) is 9.52. The van der Waals surface area contributed by atoms with E-state index in [0.717, 1.165) is 24.3 Å². The topological polar surface area (TPSA) is 52.7 Å². The Balaban J connectivity index is 1.64. The van der Waals surface area contributed by atoms with Crippen LogP contribution in [0.4, 0.5) is 11.4 Å². The van der Waals surface area contributed by atoms with Gasteiger partial charge in [-0.15, -0.1) is 0 Å². The highest BCUT2D eigenvalue weighted by molar-refractivity contribution is 5.97. The van der Waals surface area contributed by atoms with Crippen LogP contribution in [0, 0.1) is 0 Å².